The van der Waals surface area contributed by atoms with Gasteiger partial charge in [0.2, 0.25) is 0 Å². The van der Waals surface area contributed by atoms with Crippen LogP contribution >= 0.6 is 0 Å². The lowest BCUT2D eigenvalue weighted by molar-refractivity contribution is -0.143. The summed E-state index contributed by atoms with van der Waals surface area (Å²) >= 11 is 0. The predicted octanol–water partition coefficient (Wildman–Crippen LogP) is 0.0878. The Morgan fingerprint density at radius 3 is 2.85 bits per heavy atom. The first kappa shape index (κ1) is 8.97. The number of rotatable bonds is 2. The molecule has 0 aromatic rings. The van der Waals surface area contributed by atoms with Crippen molar-refractivity contribution in [1.82, 2.24) is 0 Å². The molecule has 1 saturated heterocycles. The van der Waals surface area contributed by atoms with Crippen molar-refractivity contribution in [2.45, 2.75) is 38.1 Å². The summed E-state index contributed by atoms with van der Waals surface area (Å²) in [6.45, 7) is 3.71. The van der Waals surface area contributed by atoms with Crippen LogP contribution in [-0.4, -0.2) is 35.5 Å². The lowest BCUT2D eigenvalue weighted by Gasteiger charge is -2.16. The third-order valence-corrected chi connectivity index (χ3v) is 3.06. The fraction of sp³-hybridized carbons (Fsp3) is 0.889. The Morgan fingerprint density at radius 2 is 2.46 bits per heavy atom. The number of carbonyl (C=O) groups excluding carboxylic acids is 1. The zero-order chi connectivity index (χ0) is 9.64. The van der Waals surface area contributed by atoms with E-state index in [1.54, 1.807) is 0 Å². The molecule has 4 unspecified atom stereocenters. The number of epoxide rings is 1. The number of ether oxygens (including phenoxy) is 2. The highest BCUT2D eigenvalue weighted by atomic mass is 16.6. The molecule has 4 atom stereocenters. The second-order valence-corrected chi connectivity index (χ2v) is 4.02. The molecule has 4 nitrogen and oxygen atoms in total. The molecular formula is C9H14O4. The fourth-order valence-electron chi connectivity index (χ4n) is 2.13. The molecule has 1 heterocycles. The molecule has 1 aliphatic carbocycles. The van der Waals surface area contributed by atoms with Gasteiger partial charge in [-0.05, 0) is 13.3 Å². The van der Waals surface area contributed by atoms with E-state index >= 15 is 0 Å². The Bertz CT molecular complexity index is 240. The van der Waals surface area contributed by atoms with Crippen molar-refractivity contribution in [3.63, 3.8) is 0 Å². The molecule has 0 bridgehead atoms. The summed E-state index contributed by atoms with van der Waals surface area (Å²) < 4.78 is 10.3. The quantitative estimate of drug-likeness (QED) is 0.490. The lowest BCUT2D eigenvalue weighted by Crippen LogP contribution is -2.23. The van der Waals surface area contributed by atoms with E-state index in [1.807, 2.05) is 6.92 Å². The number of fused-ring (bicyclic) bond motifs is 1. The van der Waals surface area contributed by atoms with E-state index in [1.165, 1.54) is 6.92 Å². The molecular weight excluding hydrogens is 172 g/mol. The minimum atomic E-state index is -0.384. The Hall–Kier alpha value is -0.610. The summed E-state index contributed by atoms with van der Waals surface area (Å²) in [5.41, 5.74) is -0.241. The first-order valence-electron chi connectivity index (χ1n) is 4.53. The molecule has 0 amide bonds. The molecule has 2 fully saturated rings. The topological polar surface area (TPSA) is 59.1 Å². The molecule has 74 valence electrons. The summed E-state index contributed by atoms with van der Waals surface area (Å²) in [4.78, 5) is 10.6. The van der Waals surface area contributed by atoms with E-state index in [0.29, 0.717) is 13.0 Å². The molecule has 0 aromatic carbocycles. The Labute approximate surface area is 76.8 Å². The van der Waals surface area contributed by atoms with E-state index in [0.717, 1.165) is 0 Å². The van der Waals surface area contributed by atoms with Gasteiger partial charge < -0.3 is 14.6 Å². The van der Waals surface area contributed by atoms with Crippen LogP contribution in [0.25, 0.3) is 0 Å². The summed E-state index contributed by atoms with van der Waals surface area (Å²) in [5.74, 6) is -0.126. The summed E-state index contributed by atoms with van der Waals surface area (Å²) in [7, 11) is 0. The molecule has 13 heavy (non-hydrogen) atoms. The molecule has 1 N–H and O–H groups in total. The molecule has 1 saturated carbocycles. The number of hydrogen-bond acceptors (Lipinski definition) is 4. The monoisotopic (exact) mass is 186 g/mol. The normalized spacial score (nSPS) is 47.2. The first-order chi connectivity index (χ1) is 6.04. The number of hydrogen-bond donors (Lipinski definition) is 1. The molecule has 1 aliphatic heterocycles. The van der Waals surface area contributed by atoms with E-state index in [4.69, 9.17) is 9.47 Å². The van der Waals surface area contributed by atoms with E-state index in [-0.39, 0.29) is 29.7 Å². The van der Waals surface area contributed by atoms with Gasteiger partial charge in [0.05, 0.1) is 12.7 Å². The number of esters is 1. The smallest absolute Gasteiger partial charge is 0.302 e. The SMILES string of the molecule is CC(=O)OCC1CC(O)C2OC12C. The Balaban J connectivity index is 1.91. The van der Waals surface area contributed by atoms with Gasteiger partial charge in [-0.2, -0.15) is 0 Å². The van der Waals surface area contributed by atoms with Crippen molar-refractivity contribution in [3.8, 4) is 0 Å². The third-order valence-electron chi connectivity index (χ3n) is 3.06. The highest BCUT2D eigenvalue weighted by Gasteiger charge is 2.66. The highest BCUT2D eigenvalue weighted by molar-refractivity contribution is 5.65. The fourth-order valence-corrected chi connectivity index (χ4v) is 2.13. The standard InChI is InChI=1S/C9H14O4/c1-5(10)12-4-6-3-7(11)8-9(6,2)13-8/h6-8,11H,3-4H2,1-2H3. The van der Waals surface area contributed by atoms with E-state index in [9.17, 15) is 9.90 Å². The van der Waals surface area contributed by atoms with Gasteiger partial charge in [-0.25, -0.2) is 0 Å². The largest absolute Gasteiger partial charge is 0.465 e. The minimum Gasteiger partial charge on any atom is -0.465 e. The van der Waals surface area contributed by atoms with Gasteiger partial charge in [-0.15, -0.1) is 0 Å². The first-order valence-corrected chi connectivity index (χ1v) is 4.53. The van der Waals surface area contributed by atoms with Gasteiger partial charge in [0, 0.05) is 12.8 Å². The molecule has 0 radical (unpaired) electrons. The van der Waals surface area contributed by atoms with Gasteiger partial charge >= 0.3 is 5.97 Å². The highest BCUT2D eigenvalue weighted by Crippen LogP contribution is 2.53. The average Bonchev–Trinajstić information content (AvgIpc) is 2.66. The van der Waals surface area contributed by atoms with Crippen LogP contribution in [0.3, 0.4) is 0 Å². The van der Waals surface area contributed by atoms with Crippen molar-refractivity contribution >= 4 is 5.97 Å². The van der Waals surface area contributed by atoms with Crippen LogP contribution in [0.5, 0.6) is 0 Å². The summed E-state index contributed by atoms with van der Waals surface area (Å²) in [6.07, 6.45) is 0.257. The van der Waals surface area contributed by atoms with Gasteiger partial charge in [0.15, 0.2) is 0 Å². The zero-order valence-corrected chi connectivity index (χ0v) is 7.82. The zero-order valence-electron chi connectivity index (χ0n) is 7.82. The maximum absolute atomic E-state index is 10.6. The van der Waals surface area contributed by atoms with E-state index in [2.05, 4.69) is 0 Å². The van der Waals surface area contributed by atoms with Gasteiger partial charge in [-0.3, -0.25) is 4.79 Å². The van der Waals surface area contributed by atoms with E-state index < -0.39 is 0 Å². The molecule has 0 aromatic heterocycles. The van der Waals surface area contributed by atoms with Gasteiger partial charge in [-0.1, -0.05) is 0 Å². The van der Waals surface area contributed by atoms with Crippen molar-refractivity contribution in [3.05, 3.63) is 0 Å². The van der Waals surface area contributed by atoms with Crippen LogP contribution in [0.15, 0.2) is 0 Å². The summed E-state index contributed by atoms with van der Waals surface area (Å²) in [5, 5.41) is 9.47. The predicted molar refractivity (Wildman–Crippen MR) is 44.0 cm³/mol. The molecule has 2 aliphatic rings. The van der Waals surface area contributed by atoms with Crippen LogP contribution < -0.4 is 0 Å². The second kappa shape index (κ2) is 2.69. The maximum atomic E-state index is 10.6. The number of carbonyl (C=O) groups is 1. The van der Waals surface area contributed by atoms with Crippen LogP contribution in [0, 0.1) is 5.92 Å². The maximum Gasteiger partial charge on any atom is 0.302 e. The third kappa shape index (κ3) is 1.34. The van der Waals surface area contributed by atoms with Crippen molar-refractivity contribution in [2.75, 3.05) is 6.61 Å². The van der Waals surface area contributed by atoms with Crippen molar-refractivity contribution in [2.24, 2.45) is 5.92 Å². The minimum absolute atomic E-state index is 0.0342. The Kier molecular flexibility index (Phi) is 1.85. The number of aliphatic hydroxyl groups excluding tert-OH is 1. The van der Waals surface area contributed by atoms with Gasteiger partial charge in [0.1, 0.15) is 11.7 Å². The molecule has 4 heteroatoms. The second-order valence-electron chi connectivity index (χ2n) is 4.02. The van der Waals surface area contributed by atoms with Crippen LogP contribution in [0.4, 0.5) is 0 Å². The van der Waals surface area contributed by atoms with Crippen LogP contribution in [0.1, 0.15) is 20.3 Å². The number of aliphatic hydroxyl groups is 1. The lowest BCUT2D eigenvalue weighted by atomic mass is 9.98. The summed E-state index contributed by atoms with van der Waals surface area (Å²) in [6, 6.07) is 0. The Morgan fingerprint density at radius 1 is 1.77 bits per heavy atom. The molecule has 2 rings (SSSR count). The average molecular weight is 186 g/mol. The molecule has 0 spiro atoms. The van der Waals surface area contributed by atoms with Crippen LogP contribution in [0.2, 0.25) is 0 Å². The van der Waals surface area contributed by atoms with Crippen molar-refractivity contribution in [1.29, 1.82) is 0 Å². The van der Waals surface area contributed by atoms with Crippen LogP contribution in [-0.2, 0) is 14.3 Å². The van der Waals surface area contributed by atoms with Crippen molar-refractivity contribution < 1.29 is 19.4 Å². The van der Waals surface area contributed by atoms with Gasteiger partial charge in [0.25, 0.3) is 0 Å².